The maximum atomic E-state index is 6.17. The van der Waals surface area contributed by atoms with Crippen LogP contribution in [0.25, 0.3) is 10.9 Å². The lowest BCUT2D eigenvalue weighted by Crippen LogP contribution is -2.02. The largest absolute Gasteiger partial charge is 0.364 e. The Labute approximate surface area is 116 Å². The number of benzene rings is 1. The minimum Gasteiger partial charge on any atom is -0.364 e. The first-order valence-electron chi connectivity index (χ1n) is 5.99. The number of fused-ring (bicyclic) bond motifs is 1. The van der Waals surface area contributed by atoms with Crippen LogP contribution in [-0.4, -0.2) is 14.8 Å². The molecule has 3 aromatic rings. The van der Waals surface area contributed by atoms with E-state index in [0.717, 1.165) is 27.3 Å². The molecule has 2 aromatic heterocycles. The highest BCUT2D eigenvalue weighted by molar-refractivity contribution is 6.35. The summed E-state index contributed by atoms with van der Waals surface area (Å²) in [5.41, 5.74) is 2.03. The fourth-order valence-corrected chi connectivity index (χ4v) is 2.25. The minimum absolute atomic E-state index is 0.668. The van der Waals surface area contributed by atoms with Crippen LogP contribution in [0.15, 0.2) is 42.7 Å². The standard InChI is InChI=1S/C14H13ClN4/c1-19-8-6-13(18-19)17-9-10-4-5-12(15)11-3-2-7-16-14(10)11/h2-8H,9H2,1H3,(H,17,18). The molecule has 0 bridgehead atoms. The van der Waals surface area contributed by atoms with Crippen molar-refractivity contribution in [1.29, 1.82) is 0 Å². The molecule has 1 aromatic carbocycles. The Bertz CT molecular complexity index is 720. The molecule has 3 rings (SSSR count). The van der Waals surface area contributed by atoms with Crippen LogP contribution in [0.4, 0.5) is 5.82 Å². The van der Waals surface area contributed by atoms with Crippen molar-refractivity contribution in [2.45, 2.75) is 6.54 Å². The summed E-state index contributed by atoms with van der Waals surface area (Å²) in [5, 5.41) is 9.26. The van der Waals surface area contributed by atoms with E-state index in [1.54, 1.807) is 10.9 Å². The number of hydrogen-bond donors (Lipinski definition) is 1. The average molecular weight is 273 g/mol. The molecule has 0 saturated heterocycles. The Morgan fingerprint density at radius 3 is 2.95 bits per heavy atom. The van der Waals surface area contributed by atoms with Gasteiger partial charge in [0.25, 0.3) is 0 Å². The minimum atomic E-state index is 0.668. The molecule has 1 N–H and O–H groups in total. The molecule has 0 spiro atoms. The first kappa shape index (κ1) is 12.0. The Kier molecular flexibility index (Phi) is 3.09. The summed E-state index contributed by atoms with van der Waals surface area (Å²) >= 11 is 6.17. The normalized spacial score (nSPS) is 10.8. The number of rotatable bonds is 3. The zero-order valence-electron chi connectivity index (χ0n) is 10.5. The lowest BCUT2D eigenvalue weighted by molar-refractivity contribution is 0.768. The molecule has 19 heavy (non-hydrogen) atoms. The zero-order chi connectivity index (χ0) is 13.2. The number of anilines is 1. The predicted octanol–water partition coefficient (Wildman–Crippen LogP) is 3.23. The summed E-state index contributed by atoms with van der Waals surface area (Å²) in [7, 11) is 1.89. The Hall–Kier alpha value is -2.07. The highest BCUT2D eigenvalue weighted by Crippen LogP contribution is 2.25. The van der Waals surface area contributed by atoms with Crippen molar-refractivity contribution in [3.63, 3.8) is 0 Å². The Morgan fingerprint density at radius 2 is 2.16 bits per heavy atom. The Morgan fingerprint density at radius 1 is 1.26 bits per heavy atom. The van der Waals surface area contributed by atoms with E-state index >= 15 is 0 Å². The van der Waals surface area contributed by atoms with Gasteiger partial charge in [-0.25, -0.2) is 0 Å². The Balaban J connectivity index is 1.91. The van der Waals surface area contributed by atoms with Gasteiger partial charge in [-0.3, -0.25) is 9.67 Å². The fraction of sp³-hybridized carbons (Fsp3) is 0.143. The highest BCUT2D eigenvalue weighted by Gasteiger charge is 2.06. The van der Waals surface area contributed by atoms with Gasteiger partial charge in [0, 0.05) is 42.5 Å². The number of pyridine rings is 1. The third-order valence-electron chi connectivity index (χ3n) is 2.97. The van der Waals surface area contributed by atoms with Gasteiger partial charge < -0.3 is 5.32 Å². The maximum absolute atomic E-state index is 6.17. The van der Waals surface area contributed by atoms with Gasteiger partial charge in [-0.15, -0.1) is 0 Å². The molecule has 0 saturated carbocycles. The number of aromatic nitrogens is 3. The molecule has 0 fully saturated rings. The lowest BCUT2D eigenvalue weighted by atomic mass is 10.1. The van der Waals surface area contributed by atoms with Crippen LogP contribution in [0.1, 0.15) is 5.56 Å². The highest BCUT2D eigenvalue weighted by atomic mass is 35.5. The van der Waals surface area contributed by atoms with Crippen LogP contribution in [0, 0.1) is 0 Å². The van der Waals surface area contributed by atoms with Crippen LogP contribution in [0.2, 0.25) is 5.02 Å². The molecule has 0 unspecified atom stereocenters. The summed E-state index contributed by atoms with van der Waals surface area (Å²) < 4.78 is 1.76. The van der Waals surface area contributed by atoms with Crippen LogP contribution in [0.3, 0.4) is 0 Å². The average Bonchev–Trinajstić information content (AvgIpc) is 2.84. The molecule has 0 amide bonds. The number of halogens is 1. The second-order valence-corrected chi connectivity index (χ2v) is 4.74. The van der Waals surface area contributed by atoms with Gasteiger partial charge in [0.05, 0.1) is 5.52 Å². The smallest absolute Gasteiger partial charge is 0.148 e. The van der Waals surface area contributed by atoms with Gasteiger partial charge in [0.15, 0.2) is 0 Å². The summed E-state index contributed by atoms with van der Waals surface area (Å²) in [5.74, 6) is 0.849. The lowest BCUT2D eigenvalue weighted by Gasteiger charge is -2.08. The number of nitrogens with zero attached hydrogens (tertiary/aromatic N) is 3. The number of hydrogen-bond acceptors (Lipinski definition) is 3. The van der Waals surface area contributed by atoms with E-state index in [-0.39, 0.29) is 0 Å². The van der Waals surface area contributed by atoms with Gasteiger partial charge in [-0.1, -0.05) is 17.7 Å². The number of nitrogens with one attached hydrogen (secondary N) is 1. The molecular weight excluding hydrogens is 260 g/mol. The number of aryl methyl sites for hydroxylation is 1. The summed E-state index contributed by atoms with van der Waals surface area (Å²) in [6.07, 6.45) is 3.68. The topological polar surface area (TPSA) is 42.7 Å². The summed E-state index contributed by atoms with van der Waals surface area (Å²) in [6, 6.07) is 9.71. The van der Waals surface area contributed by atoms with Crippen molar-refractivity contribution < 1.29 is 0 Å². The molecule has 4 nitrogen and oxygen atoms in total. The van der Waals surface area contributed by atoms with Gasteiger partial charge in [-0.2, -0.15) is 5.10 Å². The van der Waals surface area contributed by atoms with Gasteiger partial charge in [0.2, 0.25) is 0 Å². The molecule has 0 aliphatic carbocycles. The molecule has 0 atom stereocenters. The third kappa shape index (κ3) is 2.39. The van der Waals surface area contributed by atoms with E-state index in [2.05, 4.69) is 15.4 Å². The summed E-state index contributed by atoms with van der Waals surface area (Å²) in [6.45, 7) is 0.668. The molecule has 96 valence electrons. The second kappa shape index (κ2) is 4.90. The maximum Gasteiger partial charge on any atom is 0.148 e. The van der Waals surface area contributed by atoms with E-state index in [1.165, 1.54) is 0 Å². The van der Waals surface area contributed by atoms with Crippen LogP contribution < -0.4 is 5.32 Å². The van der Waals surface area contributed by atoms with E-state index in [0.29, 0.717) is 6.54 Å². The van der Waals surface area contributed by atoms with Gasteiger partial charge in [0.1, 0.15) is 5.82 Å². The van der Waals surface area contributed by atoms with Crippen LogP contribution in [0.5, 0.6) is 0 Å². The van der Waals surface area contributed by atoms with E-state index in [1.807, 2.05) is 43.6 Å². The summed E-state index contributed by atoms with van der Waals surface area (Å²) in [4.78, 5) is 4.41. The van der Waals surface area contributed by atoms with Crippen molar-refractivity contribution in [2.24, 2.45) is 7.05 Å². The van der Waals surface area contributed by atoms with Crippen molar-refractivity contribution >= 4 is 28.3 Å². The third-order valence-corrected chi connectivity index (χ3v) is 3.30. The molecule has 2 heterocycles. The molecule has 0 radical (unpaired) electrons. The molecule has 5 heteroatoms. The predicted molar refractivity (Wildman–Crippen MR) is 77.3 cm³/mol. The van der Waals surface area contributed by atoms with E-state index in [4.69, 9.17) is 11.6 Å². The van der Waals surface area contributed by atoms with E-state index < -0.39 is 0 Å². The van der Waals surface area contributed by atoms with Crippen LogP contribution >= 0.6 is 11.6 Å². The molecule has 0 aliphatic rings. The van der Waals surface area contributed by atoms with Crippen molar-refractivity contribution in [2.75, 3.05) is 5.32 Å². The zero-order valence-corrected chi connectivity index (χ0v) is 11.2. The van der Waals surface area contributed by atoms with Gasteiger partial charge in [-0.05, 0) is 23.8 Å². The monoisotopic (exact) mass is 272 g/mol. The SMILES string of the molecule is Cn1ccc(NCc2ccc(Cl)c3cccnc23)n1. The fourth-order valence-electron chi connectivity index (χ4n) is 2.03. The second-order valence-electron chi connectivity index (χ2n) is 4.33. The van der Waals surface area contributed by atoms with Crippen molar-refractivity contribution in [3.05, 3.63) is 53.3 Å². The quantitative estimate of drug-likeness (QED) is 0.796. The van der Waals surface area contributed by atoms with E-state index in [9.17, 15) is 0 Å². The first-order valence-corrected chi connectivity index (χ1v) is 6.37. The van der Waals surface area contributed by atoms with Crippen molar-refractivity contribution in [3.8, 4) is 0 Å². The van der Waals surface area contributed by atoms with Crippen LogP contribution in [-0.2, 0) is 13.6 Å². The molecule has 0 aliphatic heterocycles. The van der Waals surface area contributed by atoms with Gasteiger partial charge >= 0.3 is 0 Å². The first-order chi connectivity index (χ1) is 9.24. The molecular formula is C14H13ClN4. The van der Waals surface area contributed by atoms with Crippen molar-refractivity contribution in [1.82, 2.24) is 14.8 Å².